The van der Waals surface area contributed by atoms with Gasteiger partial charge in [0.15, 0.2) is 0 Å². The van der Waals surface area contributed by atoms with Gasteiger partial charge < -0.3 is 0 Å². The van der Waals surface area contributed by atoms with Gasteiger partial charge in [0.2, 0.25) is 0 Å². The second-order valence-corrected chi connectivity index (χ2v) is 12.0. The third-order valence-electron chi connectivity index (χ3n) is 8.82. The van der Waals surface area contributed by atoms with Gasteiger partial charge in [0.1, 0.15) is 0 Å². The standard InChI is InChI=1S/C38H50/c1-7-11-13-29(9-3)22-35-20-28(6)21-37-36(23-30(10-4)14-12-8-2)25-34(26-38(35)37)33-18-17-31-19-27(5)15-16-32(31)24-33/h15-21,24-26,29-30H,7-14,22-23H2,1-6H3. The van der Waals surface area contributed by atoms with Gasteiger partial charge in [-0.15, -0.1) is 0 Å². The maximum atomic E-state index is 2.53. The predicted molar refractivity (Wildman–Crippen MR) is 170 cm³/mol. The lowest BCUT2D eigenvalue weighted by Gasteiger charge is -2.21. The maximum Gasteiger partial charge on any atom is -0.0143 e. The SMILES string of the molecule is CCCCC(CC)Cc1cc(-c2ccc3cc(C)ccc3c2)cc2c(CC(CC)CCCC)cc(C)cc12. The highest BCUT2D eigenvalue weighted by molar-refractivity contribution is 5.95. The Hall–Kier alpha value is -2.60. The molecule has 4 aromatic rings. The molecule has 0 bridgehead atoms. The van der Waals surface area contributed by atoms with Crippen molar-refractivity contribution in [1.29, 1.82) is 0 Å². The van der Waals surface area contributed by atoms with Crippen molar-refractivity contribution in [2.24, 2.45) is 11.8 Å². The van der Waals surface area contributed by atoms with Crippen LogP contribution >= 0.6 is 0 Å². The molecule has 2 atom stereocenters. The number of rotatable bonds is 13. The lowest BCUT2D eigenvalue weighted by atomic mass is 9.84. The molecule has 0 N–H and O–H groups in total. The number of aryl methyl sites for hydroxylation is 2. The normalized spacial score (nSPS) is 13.3. The van der Waals surface area contributed by atoms with Crippen molar-refractivity contribution in [1.82, 2.24) is 0 Å². The van der Waals surface area contributed by atoms with Crippen molar-refractivity contribution in [3.63, 3.8) is 0 Å². The topological polar surface area (TPSA) is 0 Å². The molecular formula is C38H50. The third-order valence-corrected chi connectivity index (χ3v) is 8.82. The molecule has 0 heteroatoms. The van der Waals surface area contributed by atoms with Crippen LogP contribution in [0.1, 0.15) is 101 Å². The molecule has 38 heavy (non-hydrogen) atoms. The largest absolute Gasteiger partial charge is 0.0654 e. The number of hydrogen-bond donors (Lipinski definition) is 0. The highest BCUT2D eigenvalue weighted by Gasteiger charge is 2.16. The number of unbranched alkanes of at least 4 members (excludes halogenated alkanes) is 2. The minimum absolute atomic E-state index is 0.755. The van der Waals surface area contributed by atoms with Crippen molar-refractivity contribution >= 4 is 21.5 Å². The van der Waals surface area contributed by atoms with E-state index in [1.54, 1.807) is 11.1 Å². The summed E-state index contributed by atoms with van der Waals surface area (Å²) in [5, 5.41) is 5.66. The number of hydrogen-bond acceptors (Lipinski definition) is 0. The van der Waals surface area contributed by atoms with Gasteiger partial charge in [-0.25, -0.2) is 0 Å². The van der Waals surface area contributed by atoms with E-state index in [-0.39, 0.29) is 0 Å². The minimum atomic E-state index is 0.755. The molecule has 0 nitrogen and oxygen atoms in total. The van der Waals surface area contributed by atoms with E-state index in [1.807, 2.05) is 0 Å². The molecule has 0 fully saturated rings. The zero-order valence-electron chi connectivity index (χ0n) is 25.0. The fraction of sp³-hybridized carbons (Fsp3) is 0.474. The average molecular weight is 507 g/mol. The van der Waals surface area contributed by atoms with Crippen molar-refractivity contribution in [2.75, 3.05) is 0 Å². The van der Waals surface area contributed by atoms with E-state index in [0.29, 0.717) is 0 Å². The summed E-state index contributed by atoms with van der Waals surface area (Å²) in [6.07, 6.45) is 12.8. The van der Waals surface area contributed by atoms with Crippen LogP contribution < -0.4 is 0 Å². The summed E-state index contributed by atoms with van der Waals surface area (Å²) in [6.45, 7) is 13.9. The van der Waals surface area contributed by atoms with E-state index in [4.69, 9.17) is 0 Å². The first kappa shape index (κ1) is 28.4. The fourth-order valence-electron chi connectivity index (χ4n) is 6.33. The number of fused-ring (bicyclic) bond motifs is 2. The highest BCUT2D eigenvalue weighted by atomic mass is 14.2. The Bertz CT molecular complexity index is 1340. The Morgan fingerprint density at radius 1 is 0.526 bits per heavy atom. The molecule has 0 aliphatic heterocycles. The van der Waals surface area contributed by atoms with Gasteiger partial charge in [0.05, 0.1) is 0 Å². The van der Waals surface area contributed by atoms with Crippen molar-refractivity contribution in [3.8, 4) is 11.1 Å². The van der Waals surface area contributed by atoms with Gasteiger partial charge in [0, 0.05) is 0 Å². The molecule has 2 unspecified atom stereocenters. The van der Waals surface area contributed by atoms with Crippen molar-refractivity contribution < 1.29 is 0 Å². The zero-order valence-corrected chi connectivity index (χ0v) is 25.0. The summed E-state index contributed by atoms with van der Waals surface area (Å²) >= 11 is 0. The Kier molecular flexibility index (Phi) is 10.1. The molecule has 0 saturated heterocycles. The quantitative estimate of drug-likeness (QED) is 0.169. The Balaban J connectivity index is 1.86. The first-order valence-electron chi connectivity index (χ1n) is 15.5. The Labute approximate surface area is 232 Å². The van der Waals surface area contributed by atoms with Crippen LogP contribution in [0.2, 0.25) is 0 Å². The molecule has 202 valence electrons. The summed E-state index contributed by atoms with van der Waals surface area (Å²) in [7, 11) is 0. The lowest BCUT2D eigenvalue weighted by molar-refractivity contribution is 0.449. The summed E-state index contributed by atoms with van der Waals surface area (Å²) in [5.41, 5.74) is 8.57. The van der Waals surface area contributed by atoms with Crippen molar-refractivity contribution in [3.05, 3.63) is 82.9 Å². The first-order valence-corrected chi connectivity index (χ1v) is 15.5. The third kappa shape index (κ3) is 6.88. The second-order valence-electron chi connectivity index (χ2n) is 12.0. The minimum Gasteiger partial charge on any atom is -0.0654 e. The number of benzene rings is 4. The summed E-state index contributed by atoms with van der Waals surface area (Å²) in [5.74, 6) is 1.52. The Morgan fingerprint density at radius 2 is 1.11 bits per heavy atom. The smallest absolute Gasteiger partial charge is 0.0143 e. The molecular weight excluding hydrogens is 456 g/mol. The highest BCUT2D eigenvalue weighted by Crippen LogP contribution is 2.36. The molecule has 0 aliphatic carbocycles. The van der Waals surface area contributed by atoms with Crippen LogP contribution in [0.4, 0.5) is 0 Å². The van der Waals surface area contributed by atoms with Gasteiger partial charge in [0.25, 0.3) is 0 Å². The second kappa shape index (κ2) is 13.5. The van der Waals surface area contributed by atoms with E-state index in [9.17, 15) is 0 Å². The molecule has 4 aromatic carbocycles. The van der Waals surface area contributed by atoms with E-state index in [2.05, 4.69) is 102 Å². The molecule has 0 spiro atoms. The molecule has 0 aliphatic rings. The maximum absolute atomic E-state index is 2.53. The summed E-state index contributed by atoms with van der Waals surface area (Å²) < 4.78 is 0. The lowest BCUT2D eigenvalue weighted by Crippen LogP contribution is -2.07. The van der Waals surface area contributed by atoms with Crippen LogP contribution in [0.5, 0.6) is 0 Å². The van der Waals surface area contributed by atoms with Crippen LogP contribution in [0.25, 0.3) is 32.7 Å². The Morgan fingerprint density at radius 3 is 1.74 bits per heavy atom. The zero-order chi connectivity index (χ0) is 27.1. The van der Waals surface area contributed by atoms with Crippen LogP contribution in [-0.4, -0.2) is 0 Å². The van der Waals surface area contributed by atoms with Crippen LogP contribution in [0, 0.1) is 25.7 Å². The van der Waals surface area contributed by atoms with E-state index in [1.165, 1.54) is 108 Å². The molecule has 4 rings (SSSR count). The van der Waals surface area contributed by atoms with E-state index >= 15 is 0 Å². The van der Waals surface area contributed by atoms with E-state index in [0.717, 1.165) is 11.8 Å². The average Bonchev–Trinajstić information content (AvgIpc) is 2.92. The van der Waals surface area contributed by atoms with Gasteiger partial charge >= 0.3 is 0 Å². The molecule has 0 heterocycles. The van der Waals surface area contributed by atoms with Gasteiger partial charge in [-0.05, 0) is 94.5 Å². The summed E-state index contributed by atoms with van der Waals surface area (Å²) in [4.78, 5) is 0. The van der Waals surface area contributed by atoms with Gasteiger partial charge in [-0.2, -0.15) is 0 Å². The van der Waals surface area contributed by atoms with Gasteiger partial charge in [-0.1, -0.05) is 139 Å². The van der Waals surface area contributed by atoms with E-state index < -0.39 is 0 Å². The van der Waals surface area contributed by atoms with Crippen LogP contribution in [-0.2, 0) is 12.8 Å². The first-order chi connectivity index (χ1) is 18.4. The molecule has 0 radical (unpaired) electrons. The monoisotopic (exact) mass is 506 g/mol. The molecule has 0 amide bonds. The fourth-order valence-corrected chi connectivity index (χ4v) is 6.33. The predicted octanol–water partition coefficient (Wildman–Crippen LogP) is 11.8. The van der Waals surface area contributed by atoms with Gasteiger partial charge in [-0.3, -0.25) is 0 Å². The molecule has 0 saturated carbocycles. The van der Waals surface area contributed by atoms with Crippen molar-refractivity contribution in [2.45, 2.75) is 106 Å². The summed E-state index contributed by atoms with van der Waals surface area (Å²) in [6, 6.07) is 23.9. The molecule has 0 aromatic heterocycles. The van der Waals surface area contributed by atoms with Crippen LogP contribution in [0.15, 0.2) is 60.7 Å². The van der Waals surface area contributed by atoms with Crippen LogP contribution in [0.3, 0.4) is 0 Å².